The fourth-order valence-electron chi connectivity index (χ4n) is 2.37. The van der Waals surface area contributed by atoms with E-state index in [-0.39, 0.29) is 11.2 Å². The first-order valence-corrected chi connectivity index (χ1v) is 8.63. The Kier molecular flexibility index (Phi) is 6.10. The van der Waals surface area contributed by atoms with Crippen LogP contribution in [-0.2, 0) is 5.41 Å². The largest absolute Gasteiger partial charge is 0.359 e. The van der Waals surface area contributed by atoms with Gasteiger partial charge in [-0.1, -0.05) is 63.2 Å². The average Bonchev–Trinajstić information content (AvgIpc) is 2.59. The summed E-state index contributed by atoms with van der Waals surface area (Å²) in [6.07, 6.45) is 1.73. The van der Waals surface area contributed by atoms with Crippen molar-refractivity contribution in [2.75, 3.05) is 11.9 Å². The molecule has 25 heavy (non-hydrogen) atoms. The van der Waals surface area contributed by atoms with Crippen molar-refractivity contribution >= 4 is 28.8 Å². The quantitative estimate of drug-likeness (QED) is 0.465. The van der Waals surface area contributed by atoms with Crippen molar-refractivity contribution in [1.82, 2.24) is 5.32 Å². The minimum Gasteiger partial charge on any atom is -0.359 e. The maximum absolute atomic E-state index is 12.7. The third kappa shape index (κ3) is 5.26. The van der Waals surface area contributed by atoms with Gasteiger partial charge in [-0.15, -0.1) is 6.58 Å². The molecule has 0 spiro atoms. The molecule has 0 fully saturated rings. The number of ketones is 1. The second-order valence-corrected chi connectivity index (χ2v) is 7.27. The highest BCUT2D eigenvalue weighted by atomic mass is 32.1. The molecule has 0 saturated heterocycles. The third-order valence-electron chi connectivity index (χ3n) is 3.80. The zero-order chi connectivity index (χ0) is 18.4. The summed E-state index contributed by atoms with van der Waals surface area (Å²) in [5.74, 6) is -0.00548. The highest BCUT2D eigenvalue weighted by Crippen LogP contribution is 2.23. The maximum atomic E-state index is 12.7. The third-order valence-corrected chi connectivity index (χ3v) is 4.05. The summed E-state index contributed by atoms with van der Waals surface area (Å²) >= 11 is 5.20. The monoisotopic (exact) mass is 352 g/mol. The van der Waals surface area contributed by atoms with E-state index in [0.717, 1.165) is 5.69 Å². The Morgan fingerprint density at radius 1 is 1.12 bits per heavy atom. The van der Waals surface area contributed by atoms with Crippen LogP contribution in [0, 0.1) is 0 Å². The first-order chi connectivity index (χ1) is 11.8. The van der Waals surface area contributed by atoms with Gasteiger partial charge in [-0.3, -0.25) is 4.79 Å². The minimum atomic E-state index is -0.00548. The van der Waals surface area contributed by atoms with E-state index in [9.17, 15) is 4.79 Å². The summed E-state index contributed by atoms with van der Waals surface area (Å²) in [6.45, 7) is 10.7. The molecule has 0 aliphatic heterocycles. The normalized spacial score (nSPS) is 10.8. The Bertz CT molecular complexity index is 773. The summed E-state index contributed by atoms with van der Waals surface area (Å²) in [7, 11) is 0. The molecular weight excluding hydrogens is 328 g/mol. The molecule has 3 nitrogen and oxygen atoms in total. The van der Waals surface area contributed by atoms with Gasteiger partial charge < -0.3 is 10.6 Å². The fraction of sp³-hybridized carbons (Fsp3) is 0.238. The van der Waals surface area contributed by atoms with Gasteiger partial charge in [0.05, 0.1) is 0 Å². The van der Waals surface area contributed by atoms with Gasteiger partial charge in [0, 0.05) is 23.4 Å². The van der Waals surface area contributed by atoms with Gasteiger partial charge >= 0.3 is 0 Å². The number of hydrogen-bond donors (Lipinski definition) is 2. The number of benzene rings is 2. The molecule has 130 valence electrons. The van der Waals surface area contributed by atoms with E-state index < -0.39 is 0 Å². The summed E-state index contributed by atoms with van der Waals surface area (Å²) in [6, 6.07) is 15.1. The first kappa shape index (κ1) is 18.9. The molecule has 0 saturated carbocycles. The maximum Gasteiger partial charge on any atom is 0.193 e. The molecule has 0 unspecified atom stereocenters. The van der Waals surface area contributed by atoms with Crippen molar-refractivity contribution in [3.8, 4) is 0 Å². The van der Waals surface area contributed by atoms with Gasteiger partial charge in [0.1, 0.15) is 0 Å². The highest BCUT2D eigenvalue weighted by Gasteiger charge is 2.15. The van der Waals surface area contributed by atoms with Crippen LogP contribution in [0.4, 0.5) is 5.69 Å². The number of nitrogens with one attached hydrogen (secondary N) is 2. The smallest absolute Gasteiger partial charge is 0.193 e. The van der Waals surface area contributed by atoms with E-state index in [0.29, 0.717) is 22.8 Å². The minimum absolute atomic E-state index is 0.00548. The Morgan fingerprint density at radius 2 is 1.80 bits per heavy atom. The molecule has 0 bridgehead atoms. The van der Waals surface area contributed by atoms with Crippen LogP contribution in [-0.4, -0.2) is 17.4 Å². The first-order valence-electron chi connectivity index (χ1n) is 8.22. The lowest BCUT2D eigenvalue weighted by Gasteiger charge is -2.19. The van der Waals surface area contributed by atoms with Gasteiger partial charge in [-0.05, 0) is 35.3 Å². The van der Waals surface area contributed by atoms with E-state index in [1.165, 1.54) is 5.56 Å². The fourth-order valence-corrected chi connectivity index (χ4v) is 2.57. The van der Waals surface area contributed by atoms with Crippen molar-refractivity contribution < 1.29 is 4.79 Å². The Balaban J connectivity index is 2.15. The van der Waals surface area contributed by atoms with Crippen LogP contribution in [0.3, 0.4) is 0 Å². The van der Waals surface area contributed by atoms with Crippen LogP contribution >= 0.6 is 12.2 Å². The van der Waals surface area contributed by atoms with Crippen molar-refractivity contribution in [2.24, 2.45) is 0 Å². The second kappa shape index (κ2) is 8.08. The van der Waals surface area contributed by atoms with Crippen LogP contribution in [0.5, 0.6) is 0 Å². The van der Waals surface area contributed by atoms with Crippen LogP contribution in [0.15, 0.2) is 61.2 Å². The summed E-state index contributed by atoms with van der Waals surface area (Å²) < 4.78 is 0. The predicted octanol–water partition coefficient (Wildman–Crippen LogP) is 4.69. The van der Waals surface area contributed by atoms with Crippen LogP contribution in [0.2, 0.25) is 0 Å². The lowest BCUT2D eigenvalue weighted by Crippen LogP contribution is -2.28. The van der Waals surface area contributed by atoms with E-state index in [4.69, 9.17) is 12.2 Å². The van der Waals surface area contributed by atoms with Gasteiger partial charge in [-0.2, -0.15) is 0 Å². The number of rotatable bonds is 5. The molecule has 0 heterocycles. The molecule has 2 N–H and O–H groups in total. The molecule has 0 radical (unpaired) electrons. The van der Waals surface area contributed by atoms with E-state index in [1.54, 1.807) is 6.08 Å². The van der Waals surface area contributed by atoms with Crippen molar-refractivity contribution in [1.29, 1.82) is 0 Å². The zero-order valence-electron chi connectivity index (χ0n) is 14.9. The van der Waals surface area contributed by atoms with Crippen molar-refractivity contribution in [3.63, 3.8) is 0 Å². The van der Waals surface area contributed by atoms with Crippen LogP contribution < -0.4 is 10.6 Å². The summed E-state index contributed by atoms with van der Waals surface area (Å²) in [5, 5.41) is 6.57. The Labute approximate surface area is 155 Å². The number of carbonyl (C=O) groups is 1. The van der Waals surface area contributed by atoms with Gasteiger partial charge in [0.25, 0.3) is 0 Å². The number of anilines is 1. The van der Waals surface area contributed by atoms with E-state index in [1.807, 2.05) is 48.5 Å². The number of hydrogen-bond acceptors (Lipinski definition) is 2. The molecule has 4 heteroatoms. The average molecular weight is 353 g/mol. The molecule has 0 aromatic heterocycles. The molecule has 0 amide bonds. The SMILES string of the molecule is C=CCNC(=S)Nc1cccc(C(=O)c2ccc(C(C)(C)C)cc2)c1. The lowest BCUT2D eigenvalue weighted by molar-refractivity contribution is 0.103. The molecule has 2 rings (SSSR count). The van der Waals surface area contributed by atoms with Gasteiger partial charge in [0.15, 0.2) is 10.9 Å². The van der Waals surface area contributed by atoms with Crippen molar-refractivity contribution in [2.45, 2.75) is 26.2 Å². The standard InChI is InChI=1S/C21H24N2OS/c1-5-13-22-20(25)23-18-8-6-7-16(14-18)19(24)15-9-11-17(12-10-15)21(2,3)4/h5-12,14H,1,13H2,2-4H3,(H2,22,23,25). The Hall–Kier alpha value is -2.46. The number of carbonyl (C=O) groups excluding carboxylic acids is 1. The van der Waals surface area contributed by atoms with Crippen LogP contribution in [0.25, 0.3) is 0 Å². The highest BCUT2D eigenvalue weighted by molar-refractivity contribution is 7.80. The summed E-state index contributed by atoms with van der Waals surface area (Å²) in [5.41, 5.74) is 3.36. The van der Waals surface area contributed by atoms with Crippen molar-refractivity contribution in [3.05, 3.63) is 77.9 Å². The zero-order valence-corrected chi connectivity index (χ0v) is 15.7. The van der Waals surface area contributed by atoms with E-state index in [2.05, 4.69) is 38.0 Å². The van der Waals surface area contributed by atoms with Gasteiger partial charge in [-0.25, -0.2) is 0 Å². The Morgan fingerprint density at radius 3 is 2.40 bits per heavy atom. The van der Waals surface area contributed by atoms with Gasteiger partial charge in [0.2, 0.25) is 0 Å². The summed E-state index contributed by atoms with van der Waals surface area (Å²) in [4.78, 5) is 12.7. The molecule has 0 aliphatic carbocycles. The van der Waals surface area contributed by atoms with E-state index >= 15 is 0 Å². The molecule has 2 aromatic carbocycles. The lowest BCUT2D eigenvalue weighted by atomic mass is 9.86. The molecular formula is C21H24N2OS. The molecule has 0 aliphatic rings. The van der Waals surface area contributed by atoms with Crippen LogP contribution in [0.1, 0.15) is 42.3 Å². The number of thiocarbonyl (C=S) groups is 1. The topological polar surface area (TPSA) is 41.1 Å². The second-order valence-electron chi connectivity index (χ2n) is 6.86. The molecule has 2 aromatic rings. The molecule has 0 atom stereocenters. The predicted molar refractivity (Wildman–Crippen MR) is 109 cm³/mol.